The van der Waals surface area contributed by atoms with Crippen LogP contribution in [-0.4, -0.2) is 16.5 Å². The van der Waals surface area contributed by atoms with Crippen LogP contribution in [-0.2, 0) is 0 Å². The van der Waals surface area contributed by atoms with Crippen LogP contribution >= 0.6 is 0 Å². The molecule has 0 aliphatic rings. The molecule has 1 heterocycles. The number of aryl methyl sites for hydroxylation is 1. The van der Waals surface area contributed by atoms with Gasteiger partial charge in [0.15, 0.2) is 0 Å². The van der Waals surface area contributed by atoms with Crippen LogP contribution in [0.2, 0.25) is 0 Å². The SMILES string of the molecule is CCCCN(c1ccccc1)c1nc(C)cc(C#N)n1. The fourth-order valence-electron chi connectivity index (χ4n) is 2.00. The number of rotatable bonds is 5. The Labute approximate surface area is 119 Å². The molecule has 0 saturated heterocycles. The zero-order valence-electron chi connectivity index (χ0n) is 11.9. The molecule has 0 aliphatic heterocycles. The standard InChI is InChI=1S/C16H18N4/c1-3-4-10-20(15-8-6-5-7-9-15)16-18-13(2)11-14(12-17)19-16/h5-9,11H,3-4,10H2,1-2H3. The van der Waals surface area contributed by atoms with E-state index in [9.17, 15) is 0 Å². The molecule has 4 nitrogen and oxygen atoms in total. The smallest absolute Gasteiger partial charge is 0.231 e. The number of aromatic nitrogens is 2. The van der Waals surface area contributed by atoms with Crippen molar-refractivity contribution in [1.29, 1.82) is 5.26 Å². The van der Waals surface area contributed by atoms with Gasteiger partial charge in [0.05, 0.1) is 0 Å². The Morgan fingerprint density at radius 2 is 1.95 bits per heavy atom. The van der Waals surface area contributed by atoms with Crippen LogP contribution in [0, 0.1) is 18.3 Å². The summed E-state index contributed by atoms with van der Waals surface area (Å²) < 4.78 is 0. The van der Waals surface area contributed by atoms with E-state index in [0.29, 0.717) is 11.6 Å². The van der Waals surface area contributed by atoms with Crippen molar-refractivity contribution in [1.82, 2.24) is 9.97 Å². The molecule has 0 N–H and O–H groups in total. The second kappa shape index (κ2) is 6.67. The number of unbranched alkanes of at least 4 members (excludes halogenated alkanes) is 1. The van der Waals surface area contributed by atoms with Crippen LogP contribution < -0.4 is 4.90 Å². The lowest BCUT2D eigenvalue weighted by Crippen LogP contribution is -2.21. The van der Waals surface area contributed by atoms with Gasteiger partial charge in [0, 0.05) is 17.9 Å². The zero-order valence-corrected chi connectivity index (χ0v) is 11.9. The molecule has 0 atom stereocenters. The first-order chi connectivity index (χ1) is 9.74. The quantitative estimate of drug-likeness (QED) is 0.829. The molecule has 4 heteroatoms. The van der Waals surface area contributed by atoms with Crippen molar-refractivity contribution in [3.63, 3.8) is 0 Å². The molecule has 0 aliphatic carbocycles. The molecule has 0 amide bonds. The maximum absolute atomic E-state index is 9.06. The molecule has 0 radical (unpaired) electrons. The van der Waals surface area contributed by atoms with Gasteiger partial charge in [-0.2, -0.15) is 5.26 Å². The first-order valence-corrected chi connectivity index (χ1v) is 6.83. The van der Waals surface area contributed by atoms with Gasteiger partial charge in [0.25, 0.3) is 0 Å². The largest absolute Gasteiger partial charge is 0.311 e. The summed E-state index contributed by atoms with van der Waals surface area (Å²) in [5, 5.41) is 9.06. The summed E-state index contributed by atoms with van der Waals surface area (Å²) in [7, 11) is 0. The van der Waals surface area contributed by atoms with Crippen molar-refractivity contribution in [2.45, 2.75) is 26.7 Å². The van der Waals surface area contributed by atoms with Crippen molar-refractivity contribution in [2.75, 3.05) is 11.4 Å². The van der Waals surface area contributed by atoms with Crippen molar-refractivity contribution < 1.29 is 0 Å². The molecule has 0 bridgehead atoms. The Hall–Kier alpha value is -2.41. The first kappa shape index (κ1) is 14.0. The van der Waals surface area contributed by atoms with Crippen molar-refractivity contribution >= 4 is 11.6 Å². The van der Waals surface area contributed by atoms with Gasteiger partial charge in [0.2, 0.25) is 5.95 Å². The Bertz CT molecular complexity index is 602. The van der Waals surface area contributed by atoms with Gasteiger partial charge in [-0.05, 0) is 31.5 Å². The third-order valence-electron chi connectivity index (χ3n) is 3.00. The minimum Gasteiger partial charge on any atom is -0.311 e. The van der Waals surface area contributed by atoms with Crippen LogP contribution in [0.3, 0.4) is 0 Å². The highest BCUT2D eigenvalue weighted by Crippen LogP contribution is 2.22. The summed E-state index contributed by atoms with van der Waals surface area (Å²) in [6.45, 7) is 4.88. The average molecular weight is 266 g/mol. The van der Waals surface area contributed by atoms with E-state index in [1.54, 1.807) is 6.07 Å². The summed E-state index contributed by atoms with van der Waals surface area (Å²) in [4.78, 5) is 10.9. The molecule has 0 spiro atoms. The number of anilines is 2. The van der Waals surface area contributed by atoms with Crippen LogP contribution in [0.5, 0.6) is 0 Å². The van der Waals surface area contributed by atoms with Gasteiger partial charge in [-0.3, -0.25) is 0 Å². The molecule has 2 rings (SSSR count). The van der Waals surface area contributed by atoms with Gasteiger partial charge in [-0.1, -0.05) is 31.5 Å². The molecular formula is C16H18N4. The van der Waals surface area contributed by atoms with Gasteiger partial charge in [-0.15, -0.1) is 0 Å². The molecule has 2 aromatic rings. The van der Waals surface area contributed by atoms with Crippen LogP contribution in [0.4, 0.5) is 11.6 Å². The monoisotopic (exact) mass is 266 g/mol. The molecule has 0 fully saturated rings. The fourth-order valence-corrected chi connectivity index (χ4v) is 2.00. The van der Waals surface area contributed by atoms with Crippen LogP contribution in [0.25, 0.3) is 0 Å². The molecule has 1 aromatic heterocycles. The zero-order chi connectivity index (χ0) is 14.4. The lowest BCUT2D eigenvalue weighted by molar-refractivity contribution is 0.768. The van der Waals surface area contributed by atoms with E-state index >= 15 is 0 Å². The van der Waals surface area contributed by atoms with E-state index in [0.717, 1.165) is 30.8 Å². The highest BCUT2D eigenvalue weighted by molar-refractivity contribution is 5.57. The molecule has 0 saturated carbocycles. The first-order valence-electron chi connectivity index (χ1n) is 6.83. The topological polar surface area (TPSA) is 52.8 Å². The molecule has 0 unspecified atom stereocenters. The molecule has 20 heavy (non-hydrogen) atoms. The van der Waals surface area contributed by atoms with Crippen molar-refractivity contribution in [3.8, 4) is 6.07 Å². The summed E-state index contributed by atoms with van der Waals surface area (Å²) >= 11 is 0. The summed E-state index contributed by atoms with van der Waals surface area (Å²) in [6, 6.07) is 13.8. The minimum absolute atomic E-state index is 0.407. The van der Waals surface area contributed by atoms with Gasteiger partial charge >= 0.3 is 0 Å². The number of nitriles is 1. The van der Waals surface area contributed by atoms with Gasteiger partial charge in [0.1, 0.15) is 11.8 Å². The van der Waals surface area contributed by atoms with E-state index in [1.165, 1.54) is 0 Å². The maximum atomic E-state index is 9.06. The summed E-state index contributed by atoms with van der Waals surface area (Å²) in [5.74, 6) is 0.598. The summed E-state index contributed by atoms with van der Waals surface area (Å²) in [6.07, 6.45) is 2.15. The third-order valence-corrected chi connectivity index (χ3v) is 3.00. The lowest BCUT2D eigenvalue weighted by atomic mass is 10.2. The minimum atomic E-state index is 0.407. The Balaban J connectivity index is 2.41. The third kappa shape index (κ3) is 3.33. The predicted molar refractivity (Wildman–Crippen MR) is 79.8 cm³/mol. The maximum Gasteiger partial charge on any atom is 0.231 e. The van der Waals surface area contributed by atoms with Crippen molar-refractivity contribution in [3.05, 3.63) is 47.8 Å². The number of hydrogen-bond acceptors (Lipinski definition) is 4. The normalized spacial score (nSPS) is 10.1. The van der Waals surface area contributed by atoms with Gasteiger partial charge < -0.3 is 4.90 Å². The van der Waals surface area contributed by atoms with E-state index in [2.05, 4.69) is 27.9 Å². The number of nitrogens with zero attached hydrogens (tertiary/aromatic N) is 4. The van der Waals surface area contributed by atoms with Crippen LogP contribution in [0.15, 0.2) is 36.4 Å². The molecule has 102 valence electrons. The molecular weight excluding hydrogens is 248 g/mol. The highest BCUT2D eigenvalue weighted by Gasteiger charge is 2.13. The van der Waals surface area contributed by atoms with E-state index in [1.807, 2.05) is 37.3 Å². The number of para-hydroxylation sites is 1. The van der Waals surface area contributed by atoms with E-state index in [4.69, 9.17) is 5.26 Å². The van der Waals surface area contributed by atoms with Crippen LogP contribution in [0.1, 0.15) is 31.2 Å². The lowest BCUT2D eigenvalue weighted by Gasteiger charge is -2.22. The van der Waals surface area contributed by atoms with E-state index < -0.39 is 0 Å². The highest BCUT2D eigenvalue weighted by atomic mass is 15.3. The summed E-state index contributed by atoms with van der Waals surface area (Å²) in [5.41, 5.74) is 2.27. The Morgan fingerprint density at radius 3 is 2.60 bits per heavy atom. The van der Waals surface area contributed by atoms with Gasteiger partial charge in [-0.25, -0.2) is 9.97 Å². The Kier molecular flexibility index (Phi) is 4.67. The van der Waals surface area contributed by atoms with Crippen molar-refractivity contribution in [2.24, 2.45) is 0 Å². The second-order valence-corrected chi connectivity index (χ2v) is 4.65. The number of benzene rings is 1. The average Bonchev–Trinajstić information content (AvgIpc) is 2.48. The number of hydrogen-bond donors (Lipinski definition) is 0. The Morgan fingerprint density at radius 1 is 1.20 bits per heavy atom. The second-order valence-electron chi connectivity index (χ2n) is 4.65. The van der Waals surface area contributed by atoms with E-state index in [-0.39, 0.29) is 0 Å². The fraction of sp³-hybridized carbons (Fsp3) is 0.312. The predicted octanol–water partition coefficient (Wildman–Crippen LogP) is 3.59. The molecule has 1 aromatic carbocycles.